The molecule has 4 heteroatoms. The average Bonchev–Trinajstić information content (AvgIpc) is 2.15. The van der Waals surface area contributed by atoms with Crippen molar-refractivity contribution in [2.24, 2.45) is 0 Å². The molecule has 0 bridgehead atoms. The lowest BCUT2D eigenvalue weighted by Crippen LogP contribution is -2.25. The second-order valence-corrected chi connectivity index (χ2v) is 3.93. The molecule has 0 unspecified atom stereocenters. The van der Waals surface area contributed by atoms with Gasteiger partial charge in [-0.2, -0.15) is 0 Å². The molecular formula is C10H13BrN2O. The van der Waals surface area contributed by atoms with Crippen LogP contribution >= 0.6 is 15.9 Å². The summed E-state index contributed by atoms with van der Waals surface area (Å²) in [5, 5.41) is 0. The molecule has 0 atom stereocenters. The standard InChI is InChI=1S/C10H13BrN2O/c1-3-10(14)13(2)9-5-4-7(11)6-8(9)12/h4-6H,3,12H2,1-2H3. The number of hydrogen-bond donors (Lipinski definition) is 1. The van der Waals surface area contributed by atoms with Crippen LogP contribution in [0.25, 0.3) is 0 Å². The van der Waals surface area contributed by atoms with E-state index in [0.29, 0.717) is 12.1 Å². The number of nitrogen functional groups attached to an aromatic ring is 1. The molecule has 0 aliphatic rings. The van der Waals surface area contributed by atoms with Gasteiger partial charge in [-0.3, -0.25) is 4.79 Å². The second-order valence-electron chi connectivity index (χ2n) is 3.01. The van der Waals surface area contributed by atoms with Crippen LogP contribution in [0.5, 0.6) is 0 Å². The molecule has 14 heavy (non-hydrogen) atoms. The lowest BCUT2D eigenvalue weighted by molar-refractivity contribution is -0.118. The summed E-state index contributed by atoms with van der Waals surface area (Å²) in [5.41, 5.74) is 7.14. The molecule has 0 saturated carbocycles. The smallest absolute Gasteiger partial charge is 0.226 e. The lowest BCUT2D eigenvalue weighted by Gasteiger charge is -2.18. The molecule has 76 valence electrons. The Balaban J connectivity index is 3.01. The van der Waals surface area contributed by atoms with Gasteiger partial charge in [-0.1, -0.05) is 22.9 Å². The first kappa shape index (κ1) is 11.0. The quantitative estimate of drug-likeness (QED) is 0.827. The van der Waals surface area contributed by atoms with Gasteiger partial charge in [-0.05, 0) is 18.2 Å². The topological polar surface area (TPSA) is 46.3 Å². The maximum Gasteiger partial charge on any atom is 0.226 e. The minimum atomic E-state index is 0.0547. The van der Waals surface area contributed by atoms with Crippen LogP contribution in [0.2, 0.25) is 0 Å². The summed E-state index contributed by atoms with van der Waals surface area (Å²) in [6, 6.07) is 5.48. The molecule has 0 saturated heterocycles. The zero-order valence-electron chi connectivity index (χ0n) is 8.25. The Morgan fingerprint density at radius 2 is 2.21 bits per heavy atom. The van der Waals surface area contributed by atoms with Gasteiger partial charge in [-0.15, -0.1) is 0 Å². The Hall–Kier alpha value is -1.03. The van der Waals surface area contributed by atoms with E-state index in [9.17, 15) is 4.79 Å². The Morgan fingerprint density at radius 1 is 1.57 bits per heavy atom. The molecule has 2 N–H and O–H groups in total. The van der Waals surface area contributed by atoms with Crippen molar-refractivity contribution < 1.29 is 4.79 Å². The lowest BCUT2D eigenvalue weighted by atomic mass is 10.2. The first-order valence-corrected chi connectivity index (χ1v) is 5.17. The SMILES string of the molecule is CCC(=O)N(C)c1ccc(Br)cc1N. The Labute approximate surface area is 92.0 Å². The van der Waals surface area contributed by atoms with Gasteiger partial charge in [0, 0.05) is 17.9 Å². The van der Waals surface area contributed by atoms with Crippen LogP contribution in [0, 0.1) is 0 Å². The summed E-state index contributed by atoms with van der Waals surface area (Å²) < 4.78 is 0.913. The van der Waals surface area contributed by atoms with Gasteiger partial charge < -0.3 is 10.6 Å². The summed E-state index contributed by atoms with van der Waals surface area (Å²) in [4.78, 5) is 13.0. The highest BCUT2D eigenvalue weighted by Crippen LogP contribution is 2.26. The maximum absolute atomic E-state index is 11.4. The Kier molecular flexibility index (Phi) is 3.52. The first-order valence-electron chi connectivity index (χ1n) is 4.37. The monoisotopic (exact) mass is 256 g/mol. The number of nitrogens with two attached hydrogens (primary N) is 1. The van der Waals surface area contributed by atoms with E-state index in [0.717, 1.165) is 10.2 Å². The number of halogens is 1. The number of rotatable bonds is 2. The van der Waals surface area contributed by atoms with Crippen LogP contribution in [-0.4, -0.2) is 13.0 Å². The molecule has 0 fully saturated rings. The minimum absolute atomic E-state index is 0.0547. The predicted octanol–water partition coefficient (Wildman–Crippen LogP) is 2.40. The molecule has 0 aliphatic heterocycles. The summed E-state index contributed by atoms with van der Waals surface area (Å²) >= 11 is 3.32. The van der Waals surface area contributed by atoms with E-state index in [1.165, 1.54) is 0 Å². The van der Waals surface area contributed by atoms with Crippen LogP contribution in [0.3, 0.4) is 0 Å². The third-order valence-corrected chi connectivity index (χ3v) is 2.52. The summed E-state index contributed by atoms with van der Waals surface area (Å²) in [7, 11) is 1.73. The van der Waals surface area contributed by atoms with Crippen molar-refractivity contribution >= 4 is 33.2 Å². The van der Waals surface area contributed by atoms with Crippen LogP contribution in [0.1, 0.15) is 13.3 Å². The fourth-order valence-electron chi connectivity index (χ4n) is 1.20. The Bertz CT molecular complexity index is 352. The van der Waals surface area contributed by atoms with E-state index in [1.807, 2.05) is 19.1 Å². The molecule has 1 amide bonds. The van der Waals surface area contributed by atoms with E-state index in [-0.39, 0.29) is 5.91 Å². The van der Waals surface area contributed by atoms with Gasteiger partial charge in [0.05, 0.1) is 11.4 Å². The molecule has 0 aliphatic carbocycles. The van der Waals surface area contributed by atoms with E-state index >= 15 is 0 Å². The van der Waals surface area contributed by atoms with Crippen LogP contribution in [-0.2, 0) is 4.79 Å². The van der Waals surface area contributed by atoms with E-state index in [1.54, 1.807) is 18.0 Å². The van der Waals surface area contributed by atoms with Gasteiger partial charge >= 0.3 is 0 Å². The molecule has 0 radical (unpaired) electrons. The molecular weight excluding hydrogens is 244 g/mol. The highest BCUT2D eigenvalue weighted by molar-refractivity contribution is 9.10. The number of anilines is 2. The average molecular weight is 257 g/mol. The van der Waals surface area contributed by atoms with Gasteiger partial charge in [0.2, 0.25) is 5.91 Å². The van der Waals surface area contributed by atoms with Gasteiger partial charge in [0.1, 0.15) is 0 Å². The largest absolute Gasteiger partial charge is 0.397 e. The fourth-order valence-corrected chi connectivity index (χ4v) is 1.58. The number of carbonyl (C=O) groups excluding carboxylic acids is 1. The van der Waals surface area contributed by atoms with E-state index < -0.39 is 0 Å². The van der Waals surface area contributed by atoms with Crippen LogP contribution < -0.4 is 10.6 Å². The third kappa shape index (κ3) is 2.26. The van der Waals surface area contributed by atoms with Crippen molar-refractivity contribution in [2.75, 3.05) is 17.7 Å². The zero-order chi connectivity index (χ0) is 10.7. The highest BCUT2D eigenvalue weighted by atomic mass is 79.9. The van der Waals surface area contributed by atoms with Crippen molar-refractivity contribution in [3.8, 4) is 0 Å². The number of carbonyl (C=O) groups is 1. The van der Waals surface area contributed by atoms with Crippen molar-refractivity contribution in [1.29, 1.82) is 0 Å². The van der Waals surface area contributed by atoms with Crippen molar-refractivity contribution in [3.63, 3.8) is 0 Å². The molecule has 1 aromatic carbocycles. The Morgan fingerprint density at radius 3 is 2.71 bits per heavy atom. The normalized spacial score (nSPS) is 9.93. The van der Waals surface area contributed by atoms with Crippen molar-refractivity contribution in [1.82, 2.24) is 0 Å². The maximum atomic E-state index is 11.4. The third-order valence-electron chi connectivity index (χ3n) is 2.03. The van der Waals surface area contributed by atoms with Gasteiger partial charge in [0.25, 0.3) is 0 Å². The minimum Gasteiger partial charge on any atom is -0.397 e. The van der Waals surface area contributed by atoms with Crippen molar-refractivity contribution in [2.45, 2.75) is 13.3 Å². The number of amides is 1. The predicted molar refractivity (Wildman–Crippen MR) is 62.3 cm³/mol. The summed E-state index contributed by atoms with van der Waals surface area (Å²) in [5.74, 6) is 0.0547. The summed E-state index contributed by atoms with van der Waals surface area (Å²) in [6.45, 7) is 1.83. The molecule has 3 nitrogen and oxygen atoms in total. The molecule has 0 spiro atoms. The first-order chi connectivity index (χ1) is 6.56. The van der Waals surface area contributed by atoms with E-state index in [2.05, 4.69) is 15.9 Å². The molecule has 1 aromatic rings. The summed E-state index contributed by atoms with van der Waals surface area (Å²) in [6.07, 6.45) is 0.478. The number of nitrogens with zero attached hydrogens (tertiary/aromatic N) is 1. The zero-order valence-corrected chi connectivity index (χ0v) is 9.84. The highest BCUT2D eigenvalue weighted by Gasteiger charge is 2.11. The number of hydrogen-bond acceptors (Lipinski definition) is 2. The number of benzene rings is 1. The molecule has 1 rings (SSSR count). The molecule has 0 aromatic heterocycles. The fraction of sp³-hybridized carbons (Fsp3) is 0.300. The van der Waals surface area contributed by atoms with Crippen molar-refractivity contribution in [3.05, 3.63) is 22.7 Å². The van der Waals surface area contributed by atoms with Crippen LogP contribution in [0.15, 0.2) is 22.7 Å². The van der Waals surface area contributed by atoms with Gasteiger partial charge in [-0.25, -0.2) is 0 Å². The second kappa shape index (κ2) is 4.46. The van der Waals surface area contributed by atoms with Crippen LogP contribution in [0.4, 0.5) is 11.4 Å². The van der Waals surface area contributed by atoms with E-state index in [4.69, 9.17) is 5.73 Å². The molecule has 0 heterocycles. The van der Waals surface area contributed by atoms with Gasteiger partial charge in [0.15, 0.2) is 0 Å².